The summed E-state index contributed by atoms with van der Waals surface area (Å²) in [5, 5.41) is 11.3. The lowest BCUT2D eigenvalue weighted by Crippen LogP contribution is -2.44. The molecule has 136 valence electrons. The predicted octanol–water partition coefficient (Wildman–Crippen LogP) is 1.11. The van der Waals surface area contributed by atoms with Crippen LogP contribution in [0.5, 0.6) is 0 Å². The molecular weight excluding hydrogens is 318 g/mol. The fourth-order valence-corrected chi connectivity index (χ4v) is 3.30. The first kappa shape index (κ1) is 17.6. The summed E-state index contributed by atoms with van der Waals surface area (Å²) in [4.78, 5) is 21.6. The number of rotatable bonds is 6. The molecule has 2 aromatic heterocycles. The molecule has 2 atom stereocenters. The van der Waals surface area contributed by atoms with E-state index < -0.39 is 0 Å². The van der Waals surface area contributed by atoms with Crippen molar-refractivity contribution in [3.8, 4) is 0 Å². The number of anilines is 1. The summed E-state index contributed by atoms with van der Waals surface area (Å²) < 4.78 is 1.80. The van der Waals surface area contributed by atoms with E-state index in [4.69, 9.17) is 0 Å². The van der Waals surface area contributed by atoms with Crippen molar-refractivity contribution >= 4 is 17.4 Å². The number of aromatic nitrogens is 4. The van der Waals surface area contributed by atoms with Gasteiger partial charge in [-0.1, -0.05) is 13.8 Å². The highest BCUT2D eigenvalue weighted by Crippen LogP contribution is 2.20. The van der Waals surface area contributed by atoms with Crippen LogP contribution in [0.1, 0.15) is 26.7 Å². The molecule has 1 aliphatic heterocycles. The van der Waals surface area contributed by atoms with E-state index in [1.165, 1.54) is 0 Å². The number of nitrogens with zero attached hydrogens (tertiary/aromatic N) is 6. The minimum atomic E-state index is -0.309. The van der Waals surface area contributed by atoms with Crippen molar-refractivity contribution in [1.29, 1.82) is 0 Å². The summed E-state index contributed by atoms with van der Waals surface area (Å²) in [6, 6.07) is 0.123. The molecule has 1 aliphatic rings. The van der Waals surface area contributed by atoms with Crippen LogP contribution in [0, 0.1) is 5.92 Å². The van der Waals surface area contributed by atoms with Gasteiger partial charge in [0.1, 0.15) is 12.4 Å². The second-order valence-corrected chi connectivity index (χ2v) is 7.35. The third-order valence-corrected chi connectivity index (χ3v) is 4.74. The molecule has 0 aliphatic carbocycles. The average Bonchev–Trinajstić information content (AvgIpc) is 3.22. The van der Waals surface area contributed by atoms with E-state index in [0.29, 0.717) is 23.4 Å². The Morgan fingerprint density at radius 3 is 2.92 bits per heavy atom. The Hall–Kier alpha value is -2.22. The Labute approximate surface area is 148 Å². The number of fused-ring (bicyclic) bond motifs is 1. The monoisotopic (exact) mass is 345 g/mol. The van der Waals surface area contributed by atoms with Gasteiger partial charge in [-0.25, -0.2) is 4.98 Å². The fraction of sp³-hybridized carbons (Fsp3) is 0.647. The molecule has 1 fully saturated rings. The molecule has 3 rings (SSSR count). The molecule has 25 heavy (non-hydrogen) atoms. The van der Waals surface area contributed by atoms with Crippen molar-refractivity contribution in [3.63, 3.8) is 0 Å². The maximum atomic E-state index is 13.1. The van der Waals surface area contributed by atoms with Crippen molar-refractivity contribution in [2.24, 2.45) is 5.92 Å². The topological polar surface area (TPSA) is 78.7 Å². The van der Waals surface area contributed by atoms with Gasteiger partial charge in [0.15, 0.2) is 5.82 Å². The molecule has 0 bridgehead atoms. The zero-order valence-electron chi connectivity index (χ0n) is 15.4. The third kappa shape index (κ3) is 3.89. The van der Waals surface area contributed by atoms with Crippen LogP contribution in [0.4, 0.5) is 5.82 Å². The second kappa shape index (κ2) is 7.35. The lowest BCUT2D eigenvalue weighted by Gasteiger charge is -2.26. The standard InChI is InChI=1S/C17H27N7O/c1-12(2)9-14(17(25)23-7-5-13(10-23)22(3)4)20-15-16-21-19-11-24(16)8-6-18-15/h6,8,11-14H,5,7,9-10H2,1-4H3,(H,18,20)/t13-,14+/m1/s1. The number of likely N-dealkylation sites (N-methyl/N-ethyl adjacent to an activating group) is 1. The van der Waals surface area contributed by atoms with E-state index in [2.05, 4.69) is 53.3 Å². The van der Waals surface area contributed by atoms with E-state index in [-0.39, 0.29) is 11.9 Å². The predicted molar refractivity (Wildman–Crippen MR) is 96.3 cm³/mol. The summed E-state index contributed by atoms with van der Waals surface area (Å²) in [5.41, 5.74) is 0.636. The lowest BCUT2D eigenvalue weighted by atomic mass is 10.0. The van der Waals surface area contributed by atoms with Crippen molar-refractivity contribution < 1.29 is 4.79 Å². The summed E-state index contributed by atoms with van der Waals surface area (Å²) in [6.45, 7) is 5.84. The van der Waals surface area contributed by atoms with Gasteiger partial charge in [-0.3, -0.25) is 9.20 Å². The highest BCUT2D eigenvalue weighted by atomic mass is 16.2. The second-order valence-electron chi connectivity index (χ2n) is 7.35. The molecule has 0 aromatic carbocycles. The molecule has 2 aromatic rings. The van der Waals surface area contributed by atoms with Gasteiger partial charge in [-0.05, 0) is 32.9 Å². The van der Waals surface area contributed by atoms with E-state index in [9.17, 15) is 4.79 Å². The van der Waals surface area contributed by atoms with Gasteiger partial charge in [0.25, 0.3) is 0 Å². The average molecular weight is 345 g/mol. The Balaban J connectivity index is 1.78. The van der Waals surface area contributed by atoms with Gasteiger partial charge in [-0.15, -0.1) is 10.2 Å². The maximum absolute atomic E-state index is 13.1. The molecule has 1 saturated heterocycles. The Kier molecular flexibility index (Phi) is 5.17. The molecular formula is C17H27N7O. The molecule has 0 radical (unpaired) electrons. The number of amides is 1. The number of carbonyl (C=O) groups is 1. The van der Waals surface area contributed by atoms with Gasteiger partial charge in [-0.2, -0.15) is 0 Å². The number of likely N-dealkylation sites (tertiary alicyclic amines) is 1. The zero-order chi connectivity index (χ0) is 18.0. The SMILES string of the molecule is CC(C)C[C@H](Nc1nccn2cnnc12)C(=O)N1CC[C@@H](N(C)C)C1. The van der Waals surface area contributed by atoms with Crippen molar-refractivity contribution in [2.45, 2.75) is 38.8 Å². The summed E-state index contributed by atoms with van der Waals surface area (Å²) in [6.07, 6.45) is 6.88. The summed E-state index contributed by atoms with van der Waals surface area (Å²) in [5.74, 6) is 1.13. The Morgan fingerprint density at radius 1 is 1.44 bits per heavy atom. The van der Waals surface area contributed by atoms with Crippen LogP contribution in [0.2, 0.25) is 0 Å². The molecule has 0 spiro atoms. The van der Waals surface area contributed by atoms with Gasteiger partial charge in [0, 0.05) is 31.5 Å². The maximum Gasteiger partial charge on any atom is 0.245 e. The van der Waals surface area contributed by atoms with E-state index >= 15 is 0 Å². The highest BCUT2D eigenvalue weighted by Gasteiger charge is 2.32. The van der Waals surface area contributed by atoms with Crippen molar-refractivity contribution in [3.05, 3.63) is 18.7 Å². The van der Waals surface area contributed by atoms with E-state index in [1.54, 1.807) is 23.1 Å². The largest absolute Gasteiger partial charge is 0.355 e. The molecule has 0 unspecified atom stereocenters. The molecule has 1 amide bonds. The third-order valence-electron chi connectivity index (χ3n) is 4.74. The molecule has 3 heterocycles. The van der Waals surface area contributed by atoms with Gasteiger partial charge >= 0.3 is 0 Å². The fourth-order valence-electron chi connectivity index (χ4n) is 3.30. The van der Waals surface area contributed by atoms with Crippen LogP contribution < -0.4 is 5.32 Å². The van der Waals surface area contributed by atoms with Crippen molar-refractivity contribution in [2.75, 3.05) is 32.5 Å². The Bertz CT molecular complexity index is 727. The van der Waals surface area contributed by atoms with Gasteiger partial charge in [0.2, 0.25) is 11.6 Å². The first-order valence-electron chi connectivity index (χ1n) is 8.81. The number of hydrogen-bond donors (Lipinski definition) is 1. The number of carbonyl (C=O) groups excluding carboxylic acids is 1. The van der Waals surface area contributed by atoms with E-state index in [1.807, 2.05) is 4.90 Å². The minimum Gasteiger partial charge on any atom is -0.355 e. The normalized spacial score (nSPS) is 19.1. The van der Waals surface area contributed by atoms with Gasteiger partial charge < -0.3 is 15.1 Å². The van der Waals surface area contributed by atoms with Crippen LogP contribution >= 0.6 is 0 Å². The molecule has 8 nitrogen and oxygen atoms in total. The first-order valence-corrected chi connectivity index (χ1v) is 8.81. The van der Waals surface area contributed by atoms with Crippen molar-refractivity contribution in [1.82, 2.24) is 29.4 Å². The van der Waals surface area contributed by atoms with Crippen LogP contribution in [-0.4, -0.2) is 74.6 Å². The van der Waals surface area contributed by atoms with Crippen LogP contribution in [0.3, 0.4) is 0 Å². The lowest BCUT2D eigenvalue weighted by molar-refractivity contribution is -0.131. The molecule has 8 heteroatoms. The van der Waals surface area contributed by atoms with Crippen LogP contribution in [0.15, 0.2) is 18.7 Å². The first-order chi connectivity index (χ1) is 12.0. The van der Waals surface area contributed by atoms with Gasteiger partial charge in [0.05, 0.1) is 0 Å². The Morgan fingerprint density at radius 2 is 2.24 bits per heavy atom. The molecule has 1 N–H and O–H groups in total. The van der Waals surface area contributed by atoms with Crippen LogP contribution in [-0.2, 0) is 4.79 Å². The smallest absolute Gasteiger partial charge is 0.245 e. The van der Waals surface area contributed by atoms with Crippen LogP contribution in [0.25, 0.3) is 5.65 Å². The number of hydrogen-bond acceptors (Lipinski definition) is 6. The van der Waals surface area contributed by atoms with E-state index in [0.717, 1.165) is 25.9 Å². The summed E-state index contributed by atoms with van der Waals surface area (Å²) in [7, 11) is 4.14. The molecule has 0 saturated carbocycles. The zero-order valence-corrected chi connectivity index (χ0v) is 15.4. The number of nitrogens with one attached hydrogen (secondary N) is 1. The minimum absolute atomic E-state index is 0.140. The highest BCUT2D eigenvalue weighted by molar-refractivity contribution is 5.85. The summed E-state index contributed by atoms with van der Waals surface area (Å²) >= 11 is 0. The quantitative estimate of drug-likeness (QED) is 0.845.